The SMILES string of the molecule is CN(CCOc1ccccc1F)CC(=O)N(C)C1CCCc2ccccc21. The molecular formula is C22H27FN2O2. The zero-order valence-corrected chi connectivity index (χ0v) is 16.0. The van der Waals surface area contributed by atoms with Crippen LogP contribution in [-0.2, 0) is 11.2 Å². The second-order valence-electron chi connectivity index (χ2n) is 7.13. The van der Waals surface area contributed by atoms with Crippen LogP contribution in [0.5, 0.6) is 5.75 Å². The Morgan fingerprint density at radius 2 is 1.89 bits per heavy atom. The number of likely N-dealkylation sites (N-methyl/N-ethyl adjacent to an activating group) is 2. The number of halogens is 1. The summed E-state index contributed by atoms with van der Waals surface area (Å²) in [5.41, 5.74) is 2.62. The summed E-state index contributed by atoms with van der Waals surface area (Å²) >= 11 is 0. The molecule has 0 saturated carbocycles. The molecule has 0 aliphatic heterocycles. The third-order valence-electron chi connectivity index (χ3n) is 5.17. The van der Waals surface area contributed by atoms with E-state index in [0.717, 1.165) is 19.3 Å². The highest BCUT2D eigenvalue weighted by molar-refractivity contribution is 5.78. The highest BCUT2D eigenvalue weighted by Crippen LogP contribution is 2.33. The van der Waals surface area contributed by atoms with E-state index in [-0.39, 0.29) is 23.5 Å². The number of hydrogen-bond acceptors (Lipinski definition) is 3. The van der Waals surface area contributed by atoms with Crippen LogP contribution in [0.4, 0.5) is 4.39 Å². The van der Waals surface area contributed by atoms with Crippen molar-refractivity contribution in [3.8, 4) is 5.75 Å². The number of rotatable bonds is 7. The molecule has 0 aromatic heterocycles. The first-order valence-electron chi connectivity index (χ1n) is 9.45. The predicted octanol–water partition coefficient (Wildman–Crippen LogP) is 3.67. The van der Waals surface area contributed by atoms with Gasteiger partial charge in [0.25, 0.3) is 0 Å². The van der Waals surface area contributed by atoms with Gasteiger partial charge in [0.2, 0.25) is 5.91 Å². The molecule has 3 rings (SSSR count). The van der Waals surface area contributed by atoms with Crippen LogP contribution in [0.25, 0.3) is 0 Å². The molecule has 1 atom stereocenters. The predicted molar refractivity (Wildman–Crippen MR) is 104 cm³/mol. The van der Waals surface area contributed by atoms with E-state index in [9.17, 15) is 9.18 Å². The molecule has 1 amide bonds. The summed E-state index contributed by atoms with van der Waals surface area (Å²) < 4.78 is 19.0. The monoisotopic (exact) mass is 370 g/mol. The van der Waals surface area contributed by atoms with Crippen molar-refractivity contribution >= 4 is 5.91 Å². The second-order valence-corrected chi connectivity index (χ2v) is 7.13. The Morgan fingerprint density at radius 3 is 2.70 bits per heavy atom. The van der Waals surface area contributed by atoms with E-state index in [4.69, 9.17) is 4.74 Å². The number of carbonyl (C=O) groups is 1. The number of fused-ring (bicyclic) bond motifs is 1. The second kappa shape index (κ2) is 9.00. The molecule has 0 bridgehead atoms. The summed E-state index contributed by atoms with van der Waals surface area (Å²) in [6, 6.07) is 14.9. The molecule has 0 saturated heterocycles. The fraction of sp³-hybridized carbons (Fsp3) is 0.409. The van der Waals surface area contributed by atoms with Crippen molar-refractivity contribution in [2.24, 2.45) is 0 Å². The van der Waals surface area contributed by atoms with Crippen molar-refractivity contribution in [3.63, 3.8) is 0 Å². The molecule has 1 unspecified atom stereocenters. The first-order chi connectivity index (χ1) is 13.1. The summed E-state index contributed by atoms with van der Waals surface area (Å²) in [5.74, 6) is -0.0369. The van der Waals surface area contributed by atoms with Crippen molar-refractivity contribution < 1.29 is 13.9 Å². The van der Waals surface area contributed by atoms with Gasteiger partial charge in [-0.1, -0.05) is 36.4 Å². The van der Waals surface area contributed by atoms with Crippen LogP contribution in [0.3, 0.4) is 0 Å². The molecule has 0 radical (unpaired) electrons. The Bertz CT molecular complexity index is 780. The fourth-order valence-corrected chi connectivity index (χ4v) is 3.60. The Balaban J connectivity index is 1.50. The fourth-order valence-electron chi connectivity index (χ4n) is 3.60. The average molecular weight is 370 g/mol. The molecule has 0 N–H and O–H groups in total. The van der Waals surface area contributed by atoms with Gasteiger partial charge in [-0.2, -0.15) is 0 Å². The largest absolute Gasteiger partial charge is 0.489 e. The summed E-state index contributed by atoms with van der Waals surface area (Å²) in [7, 11) is 3.77. The third kappa shape index (κ3) is 4.86. The first-order valence-corrected chi connectivity index (χ1v) is 9.45. The highest BCUT2D eigenvalue weighted by Gasteiger charge is 2.26. The van der Waals surface area contributed by atoms with Crippen molar-refractivity contribution in [1.29, 1.82) is 0 Å². The molecule has 0 fully saturated rings. The first kappa shape index (κ1) is 19.4. The van der Waals surface area contributed by atoms with Crippen molar-refractivity contribution in [1.82, 2.24) is 9.80 Å². The lowest BCUT2D eigenvalue weighted by atomic mass is 9.87. The van der Waals surface area contributed by atoms with Crippen molar-refractivity contribution in [2.45, 2.75) is 25.3 Å². The van der Waals surface area contributed by atoms with Gasteiger partial charge in [-0.15, -0.1) is 0 Å². The topological polar surface area (TPSA) is 32.8 Å². The van der Waals surface area contributed by atoms with E-state index in [2.05, 4.69) is 18.2 Å². The van der Waals surface area contributed by atoms with Gasteiger partial charge in [0.15, 0.2) is 11.6 Å². The number of aryl methyl sites for hydroxylation is 1. The molecular weight excluding hydrogens is 343 g/mol. The molecule has 2 aromatic rings. The van der Waals surface area contributed by atoms with Gasteiger partial charge >= 0.3 is 0 Å². The maximum Gasteiger partial charge on any atom is 0.236 e. The quantitative estimate of drug-likeness (QED) is 0.745. The third-order valence-corrected chi connectivity index (χ3v) is 5.17. The number of nitrogens with zero attached hydrogens (tertiary/aromatic N) is 2. The molecule has 1 aliphatic carbocycles. The van der Waals surface area contributed by atoms with E-state index < -0.39 is 0 Å². The van der Waals surface area contributed by atoms with Crippen LogP contribution in [0.1, 0.15) is 30.0 Å². The van der Waals surface area contributed by atoms with E-state index in [1.165, 1.54) is 17.2 Å². The minimum atomic E-state index is -0.369. The van der Waals surface area contributed by atoms with Crippen LogP contribution in [0.15, 0.2) is 48.5 Å². The van der Waals surface area contributed by atoms with Crippen LogP contribution in [0, 0.1) is 5.82 Å². The zero-order valence-electron chi connectivity index (χ0n) is 16.0. The van der Waals surface area contributed by atoms with Crippen LogP contribution >= 0.6 is 0 Å². The Labute approximate surface area is 160 Å². The van der Waals surface area contributed by atoms with Gasteiger partial charge in [0.05, 0.1) is 12.6 Å². The molecule has 0 spiro atoms. The Hall–Kier alpha value is -2.40. The molecule has 5 heteroatoms. The summed E-state index contributed by atoms with van der Waals surface area (Å²) in [4.78, 5) is 16.5. The van der Waals surface area contributed by atoms with Crippen LogP contribution in [0.2, 0.25) is 0 Å². The normalized spacial score (nSPS) is 16.1. The number of amides is 1. The number of para-hydroxylation sites is 1. The van der Waals surface area contributed by atoms with Crippen molar-refractivity contribution in [3.05, 3.63) is 65.5 Å². The van der Waals surface area contributed by atoms with Gasteiger partial charge in [0, 0.05) is 13.6 Å². The lowest BCUT2D eigenvalue weighted by Crippen LogP contribution is -2.40. The van der Waals surface area contributed by atoms with E-state index in [1.807, 2.05) is 30.0 Å². The maximum atomic E-state index is 13.6. The molecule has 2 aromatic carbocycles. The van der Waals surface area contributed by atoms with Crippen molar-refractivity contribution in [2.75, 3.05) is 33.8 Å². The maximum absolute atomic E-state index is 13.6. The number of ether oxygens (including phenoxy) is 1. The van der Waals surface area contributed by atoms with E-state index in [1.54, 1.807) is 18.2 Å². The molecule has 144 valence electrons. The molecule has 27 heavy (non-hydrogen) atoms. The van der Waals surface area contributed by atoms with Crippen LogP contribution in [-0.4, -0.2) is 49.5 Å². The number of hydrogen-bond donors (Lipinski definition) is 0. The summed E-state index contributed by atoms with van der Waals surface area (Å²) in [6.07, 6.45) is 3.19. The molecule has 1 aliphatic rings. The Morgan fingerprint density at radius 1 is 1.15 bits per heavy atom. The molecule has 0 heterocycles. The van der Waals surface area contributed by atoms with Gasteiger partial charge in [0.1, 0.15) is 6.61 Å². The summed E-state index contributed by atoms with van der Waals surface area (Å²) in [5, 5.41) is 0. The van der Waals surface area contributed by atoms with Gasteiger partial charge in [-0.25, -0.2) is 4.39 Å². The summed E-state index contributed by atoms with van der Waals surface area (Å²) in [6.45, 7) is 1.20. The minimum Gasteiger partial charge on any atom is -0.489 e. The smallest absolute Gasteiger partial charge is 0.236 e. The average Bonchev–Trinajstić information content (AvgIpc) is 2.68. The lowest BCUT2D eigenvalue weighted by molar-refractivity contribution is -0.133. The highest BCUT2D eigenvalue weighted by atomic mass is 19.1. The van der Waals surface area contributed by atoms with Gasteiger partial charge in [-0.05, 0) is 49.6 Å². The van der Waals surface area contributed by atoms with E-state index in [0.29, 0.717) is 19.7 Å². The zero-order chi connectivity index (χ0) is 19.2. The van der Waals surface area contributed by atoms with E-state index >= 15 is 0 Å². The standard InChI is InChI=1S/C22H27FN2O2/c1-24(14-15-27-21-13-6-5-11-19(21)23)16-22(26)25(2)20-12-7-9-17-8-3-4-10-18(17)20/h3-6,8,10-11,13,20H,7,9,12,14-16H2,1-2H3. The van der Waals surface area contributed by atoms with Gasteiger partial charge in [-0.3, -0.25) is 9.69 Å². The Kier molecular flexibility index (Phi) is 6.45. The minimum absolute atomic E-state index is 0.0881. The van der Waals surface area contributed by atoms with Crippen LogP contribution < -0.4 is 4.74 Å². The lowest BCUT2D eigenvalue weighted by Gasteiger charge is -2.34. The van der Waals surface area contributed by atoms with Gasteiger partial charge < -0.3 is 9.64 Å². The number of carbonyl (C=O) groups excluding carboxylic acids is 1. The number of benzene rings is 2. The molecule has 4 nitrogen and oxygen atoms in total.